The van der Waals surface area contributed by atoms with Gasteiger partial charge in [-0.15, -0.1) is 0 Å². The van der Waals surface area contributed by atoms with Gasteiger partial charge in [-0.05, 0) is 6.07 Å². The maximum atomic E-state index is 13.5. The van der Waals surface area contributed by atoms with Crippen LogP contribution in [0.3, 0.4) is 0 Å². The van der Waals surface area contributed by atoms with Crippen LogP contribution >= 0.6 is 0 Å². The van der Waals surface area contributed by atoms with E-state index in [0.29, 0.717) is 10.8 Å². The number of amides is 1. The normalized spacial score (nSPS) is 18.4. The molecule has 1 atom stereocenters. The molecule has 2 heterocycles. The quantitative estimate of drug-likeness (QED) is 0.759. The van der Waals surface area contributed by atoms with E-state index in [1.54, 1.807) is 30.3 Å². The minimum atomic E-state index is -3.10. The number of Topliss-reactive ketones (excluding diaryl/α,β-unsaturated/α-hetero) is 1. The molecule has 0 bridgehead atoms. The summed E-state index contributed by atoms with van der Waals surface area (Å²) >= 11 is 0. The Morgan fingerprint density at radius 3 is 2.63 bits per heavy atom. The van der Waals surface area contributed by atoms with Crippen molar-refractivity contribution in [1.82, 2.24) is 14.7 Å². The smallest absolute Gasteiger partial charge is 0.274 e. The van der Waals surface area contributed by atoms with Crippen molar-refractivity contribution in [2.24, 2.45) is 7.05 Å². The van der Waals surface area contributed by atoms with Crippen LogP contribution in [0.2, 0.25) is 0 Å². The molecule has 1 aromatic heterocycles. The predicted molar refractivity (Wildman–Crippen MR) is 91.2 cm³/mol. The fourth-order valence-electron chi connectivity index (χ4n) is 3.18. The van der Waals surface area contributed by atoms with Gasteiger partial charge in [0, 0.05) is 31.7 Å². The van der Waals surface area contributed by atoms with Crippen molar-refractivity contribution in [1.29, 1.82) is 5.26 Å². The lowest BCUT2D eigenvalue weighted by atomic mass is 10.1. The molecule has 1 aliphatic rings. The monoisotopic (exact) mass is 374 g/mol. The van der Waals surface area contributed by atoms with Gasteiger partial charge in [-0.25, -0.2) is 13.5 Å². The first-order valence-electron chi connectivity index (χ1n) is 8.29. The molecule has 140 valence electrons. The Labute approximate surface area is 152 Å². The first kappa shape index (κ1) is 18.6. The van der Waals surface area contributed by atoms with Crippen LogP contribution in [0.1, 0.15) is 29.8 Å². The van der Waals surface area contributed by atoms with Crippen LogP contribution < -0.4 is 5.56 Å². The summed E-state index contributed by atoms with van der Waals surface area (Å²) in [6.07, 6.45) is -1.27. The first-order chi connectivity index (χ1) is 12.7. The molecule has 3 rings (SSSR count). The number of hydrogen-bond acceptors (Lipinski definition) is 5. The Morgan fingerprint density at radius 2 is 1.96 bits per heavy atom. The number of nitriles is 1. The lowest BCUT2D eigenvalue weighted by Crippen LogP contribution is -2.36. The van der Waals surface area contributed by atoms with Crippen molar-refractivity contribution in [3.05, 3.63) is 40.3 Å². The van der Waals surface area contributed by atoms with Crippen molar-refractivity contribution >= 4 is 22.5 Å². The third-order valence-corrected chi connectivity index (χ3v) is 4.53. The van der Waals surface area contributed by atoms with Crippen molar-refractivity contribution in [3.8, 4) is 6.07 Å². The third kappa shape index (κ3) is 3.56. The summed E-state index contributed by atoms with van der Waals surface area (Å²) < 4.78 is 28.0. The molecule has 7 nitrogen and oxygen atoms in total. The predicted octanol–water partition coefficient (Wildman–Crippen LogP) is 1.66. The molecule has 0 saturated carbocycles. The Kier molecular flexibility index (Phi) is 4.74. The van der Waals surface area contributed by atoms with Crippen molar-refractivity contribution in [3.63, 3.8) is 0 Å². The number of aromatic nitrogens is 2. The maximum absolute atomic E-state index is 13.5. The van der Waals surface area contributed by atoms with Gasteiger partial charge in [-0.3, -0.25) is 14.4 Å². The second kappa shape index (κ2) is 6.87. The van der Waals surface area contributed by atoms with E-state index in [9.17, 15) is 23.2 Å². The number of halogens is 2. The highest BCUT2D eigenvalue weighted by Gasteiger charge is 2.47. The van der Waals surface area contributed by atoms with Gasteiger partial charge in [0.1, 0.15) is 11.7 Å². The Morgan fingerprint density at radius 1 is 1.30 bits per heavy atom. The zero-order valence-electron chi connectivity index (χ0n) is 14.5. The van der Waals surface area contributed by atoms with Crippen molar-refractivity contribution in [2.75, 3.05) is 6.54 Å². The maximum Gasteiger partial charge on any atom is 0.274 e. The highest BCUT2D eigenvalue weighted by molar-refractivity contribution is 6.06. The number of fused-ring (bicyclic) bond motifs is 1. The van der Waals surface area contributed by atoms with E-state index < -0.39 is 36.6 Å². The van der Waals surface area contributed by atoms with E-state index in [0.717, 1.165) is 9.58 Å². The van der Waals surface area contributed by atoms with E-state index >= 15 is 0 Å². The van der Waals surface area contributed by atoms with Crippen LogP contribution in [0.15, 0.2) is 29.1 Å². The molecular formula is C18H16F2N4O3. The third-order valence-electron chi connectivity index (χ3n) is 4.53. The molecule has 0 unspecified atom stereocenters. The summed E-state index contributed by atoms with van der Waals surface area (Å²) in [5, 5.41) is 13.7. The average Bonchev–Trinajstić information content (AvgIpc) is 2.97. The van der Waals surface area contributed by atoms with E-state index in [-0.39, 0.29) is 24.1 Å². The number of rotatable bonds is 4. The Hall–Kier alpha value is -3.15. The second-order valence-electron chi connectivity index (χ2n) is 6.47. The van der Waals surface area contributed by atoms with E-state index in [1.807, 2.05) is 0 Å². The molecule has 27 heavy (non-hydrogen) atoms. The summed E-state index contributed by atoms with van der Waals surface area (Å²) in [6.45, 7) is -0.820. The molecule has 1 saturated heterocycles. The van der Waals surface area contributed by atoms with Gasteiger partial charge < -0.3 is 4.90 Å². The summed E-state index contributed by atoms with van der Waals surface area (Å²) in [6, 6.07) is 6.99. The molecule has 2 aromatic rings. The first-order valence-corrected chi connectivity index (χ1v) is 8.29. The lowest BCUT2D eigenvalue weighted by molar-refractivity contribution is -0.132. The number of aryl methyl sites for hydroxylation is 1. The molecule has 0 aliphatic carbocycles. The van der Waals surface area contributed by atoms with Crippen LogP contribution in [-0.2, 0) is 11.8 Å². The standard InChI is InChI=1S/C18H16F2N4O3/c1-23-17(27)13-5-3-2-4-12(13)16(22-23)14(25)6-7-15(26)24-10-18(19,20)8-11(24)9-21/h2-5,11H,6-8,10H2,1H3/t11-/m0/s1. The SMILES string of the molecule is Cn1nc(C(=O)CCC(=O)N2CC(F)(F)C[C@H]2C#N)c2ccccc2c1=O. The molecule has 1 aromatic carbocycles. The number of carbonyl (C=O) groups is 2. The lowest BCUT2D eigenvalue weighted by Gasteiger charge is -2.18. The van der Waals surface area contributed by atoms with Crippen LogP contribution in [-0.4, -0.2) is 44.9 Å². The number of hydrogen-bond donors (Lipinski definition) is 0. The van der Waals surface area contributed by atoms with Gasteiger partial charge in [0.2, 0.25) is 5.91 Å². The summed E-state index contributed by atoms with van der Waals surface area (Å²) in [4.78, 5) is 37.7. The molecule has 0 spiro atoms. The highest BCUT2D eigenvalue weighted by atomic mass is 19.3. The topological polar surface area (TPSA) is 96.1 Å². The number of ketones is 1. The van der Waals surface area contributed by atoms with Gasteiger partial charge in [0.05, 0.1) is 18.0 Å². The fourth-order valence-corrected chi connectivity index (χ4v) is 3.18. The van der Waals surface area contributed by atoms with E-state index in [2.05, 4.69) is 5.10 Å². The second-order valence-corrected chi connectivity index (χ2v) is 6.47. The molecular weight excluding hydrogens is 358 g/mol. The minimum Gasteiger partial charge on any atom is -0.320 e. The average molecular weight is 374 g/mol. The summed E-state index contributed by atoms with van der Waals surface area (Å²) in [5.74, 6) is -4.26. The summed E-state index contributed by atoms with van der Waals surface area (Å²) in [7, 11) is 1.42. The number of nitrogens with zero attached hydrogens (tertiary/aromatic N) is 4. The van der Waals surface area contributed by atoms with Crippen LogP contribution in [0.5, 0.6) is 0 Å². The number of alkyl halides is 2. The number of benzene rings is 1. The molecule has 1 amide bonds. The Bertz CT molecular complexity index is 1030. The van der Waals surface area contributed by atoms with Gasteiger partial charge in [0.15, 0.2) is 5.78 Å². The number of carbonyl (C=O) groups excluding carboxylic acids is 2. The molecule has 1 aliphatic heterocycles. The molecule has 9 heteroatoms. The molecule has 1 fully saturated rings. The minimum absolute atomic E-state index is 0.0454. The summed E-state index contributed by atoms with van der Waals surface area (Å²) in [5.41, 5.74) is -0.307. The van der Waals surface area contributed by atoms with Gasteiger partial charge in [0.25, 0.3) is 11.5 Å². The van der Waals surface area contributed by atoms with E-state index in [1.165, 1.54) is 7.05 Å². The zero-order chi connectivity index (χ0) is 19.8. The van der Waals surface area contributed by atoms with Gasteiger partial charge in [-0.1, -0.05) is 18.2 Å². The van der Waals surface area contributed by atoms with Crippen LogP contribution in [0.25, 0.3) is 10.8 Å². The zero-order valence-corrected chi connectivity index (χ0v) is 14.5. The molecule has 0 radical (unpaired) electrons. The van der Waals surface area contributed by atoms with Crippen molar-refractivity contribution in [2.45, 2.75) is 31.2 Å². The molecule has 0 N–H and O–H groups in total. The Balaban J connectivity index is 1.78. The highest BCUT2D eigenvalue weighted by Crippen LogP contribution is 2.32. The number of likely N-dealkylation sites (tertiary alicyclic amines) is 1. The van der Waals surface area contributed by atoms with Gasteiger partial charge in [-0.2, -0.15) is 10.4 Å². The van der Waals surface area contributed by atoms with Gasteiger partial charge >= 0.3 is 0 Å². The fraction of sp³-hybridized carbons (Fsp3) is 0.389. The van der Waals surface area contributed by atoms with Crippen LogP contribution in [0.4, 0.5) is 8.78 Å². The van der Waals surface area contributed by atoms with E-state index in [4.69, 9.17) is 5.26 Å². The van der Waals surface area contributed by atoms with Crippen LogP contribution in [0, 0.1) is 11.3 Å². The van der Waals surface area contributed by atoms with Crippen molar-refractivity contribution < 1.29 is 18.4 Å². The largest absolute Gasteiger partial charge is 0.320 e.